The summed E-state index contributed by atoms with van der Waals surface area (Å²) in [5.41, 5.74) is 3.83. The molecular weight excluding hydrogens is 239 g/mol. The van der Waals surface area contributed by atoms with Crippen LogP contribution in [0, 0.1) is 11.7 Å². The zero-order chi connectivity index (χ0) is 12.8. The molecule has 0 amide bonds. The molecule has 0 spiro atoms. The fourth-order valence-electron chi connectivity index (χ4n) is 2.00. The van der Waals surface area contributed by atoms with Crippen LogP contribution in [0.25, 0.3) is 0 Å². The van der Waals surface area contributed by atoms with Crippen LogP contribution in [0.1, 0.15) is 32.3 Å². The fraction of sp³-hybridized carbons (Fsp3) is 0.538. The maximum Gasteiger partial charge on any atom is 0.141 e. The Labute approximate surface area is 107 Å². The van der Waals surface area contributed by atoms with Gasteiger partial charge in [0, 0.05) is 6.04 Å². The molecule has 0 fully saturated rings. The van der Waals surface area contributed by atoms with Crippen molar-refractivity contribution < 1.29 is 4.39 Å². The number of halogens is 2. The summed E-state index contributed by atoms with van der Waals surface area (Å²) in [7, 11) is 0. The van der Waals surface area contributed by atoms with Gasteiger partial charge in [-0.3, -0.25) is 11.3 Å². The molecule has 0 aromatic heterocycles. The summed E-state index contributed by atoms with van der Waals surface area (Å²) in [5, 5.41) is 0.168. The first-order chi connectivity index (χ1) is 8.08. The van der Waals surface area contributed by atoms with E-state index in [9.17, 15) is 4.39 Å². The van der Waals surface area contributed by atoms with Gasteiger partial charge in [0.15, 0.2) is 0 Å². The minimum absolute atomic E-state index is 0.168. The second-order valence-corrected chi connectivity index (χ2v) is 4.90. The third-order valence-electron chi connectivity index (χ3n) is 3.08. The van der Waals surface area contributed by atoms with E-state index < -0.39 is 0 Å². The molecule has 96 valence electrons. The Morgan fingerprint density at radius 2 is 2.18 bits per heavy atom. The Kier molecular flexibility index (Phi) is 5.89. The maximum atomic E-state index is 13.0. The van der Waals surface area contributed by atoms with Crippen molar-refractivity contribution in [3.63, 3.8) is 0 Å². The van der Waals surface area contributed by atoms with Gasteiger partial charge in [0.2, 0.25) is 0 Å². The van der Waals surface area contributed by atoms with Crippen LogP contribution in [0.5, 0.6) is 0 Å². The first-order valence-electron chi connectivity index (χ1n) is 5.98. The smallest absolute Gasteiger partial charge is 0.141 e. The van der Waals surface area contributed by atoms with Crippen LogP contribution in [0.15, 0.2) is 18.2 Å². The molecule has 0 bridgehead atoms. The molecule has 4 heteroatoms. The van der Waals surface area contributed by atoms with Crippen molar-refractivity contribution in [1.29, 1.82) is 0 Å². The molecule has 2 unspecified atom stereocenters. The van der Waals surface area contributed by atoms with E-state index in [2.05, 4.69) is 19.3 Å². The highest BCUT2D eigenvalue weighted by molar-refractivity contribution is 6.30. The summed E-state index contributed by atoms with van der Waals surface area (Å²) in [6, 6.07) is 5.01. The Balaban J connectivity index is 2.70. The van der Waals surface area contributed by atoms with Crippen LogP contribution in [-0.4, -0.2) is 6.04 Å². The van der Waals surface area contributed by atoms with Gasteiger partial charge in [-0.15, -0.1) is 0 Å². The van der Waals surface area contributed by atoms with Gasteiger partial charge in [-0.25, -0.2) is 4.39 Å². The van der Waals surface area contributed by atoms with Crippen LogP contribution in [0.3, 0.4) is 0 Å². The predicted octanol–water partition coefficient (Wildman–Crippen LogP) is 3.29. The molecule has 0 aliphatic rings. The number of benzene rings is 1. The van der Waals surface area contributed by atoms with Crippen LogP contribution in [0.2, 0.25) is 5.02 Å². The summed E-state index contributed by atoms with van der Waals surface area (Å²) in [4.78, 5) is 0. The van der Waals surface area contributed by atoms with E-state index in [0.717, 1.165) is 24.8 Å². The highest BCUT2D eigenvalue weighted by atomic mass is 35.5. The molecule has 0 saturated heterocycles. The Bertz CT molecular complexity index is 357. The van der Waals surface area contributed by atoms with Gasteiger partial charge in [0.25, 0.3) is 0 Å². The zero-order valence-electron chi connectivity index (χ0n) is 10.3. The van der Waals surface area contributed by atoms with Gasteiger partial charge >= 0.3 is 0 Å². The van der Waals surface area contributed by atoms with Crippen molar-refractivity contribution in [3.05, 3.63) is 34.6 Å². The van der Waals surface area contributed by atoms with Crippen molar-refractivity contribution in [2.75, 3.05) is 0 Å². The van der Waals surface area contributed by atoms with Gasteiger partial charge < -0.3 is 0 Å². The van der Waals surface area contributed by atoms with Gasteiger partial charge in [-0.1, -0.05) is 37.9 Å². The molecule has 0 radical (unpaired) electrons. The first-order valence-corrected chi connectivity index (χ1v) is 6.36. The summed E-state index contributed by atoms with van der Waals surface area (Å²) >= 11 is 5.75. The molecule has 1 rings (SSSR count). The number of hydrogen-bond donors (Lipinski definition) is 2. The number of hydrazine groups is 1. The number of nitrogens with one attached hydrogen (secondary N) is 1. The number of rotatable bonds is 6. The van der Waals surface area contributed by atoms with E-state index in [-0.39, 0.29) is 16.9 Å². The first kappa shape index (κ1) is 14.4. The summed E-state index contributed by atoms with van der Waals surface area (Å²) < 4.78 is 13.0. The van der Waals surface area contributed by atoms with Gasteiger partial charge in [-0.2, -0.15) is 0 Å². The molecule has 1 aromatic rings. The Hall–Kier alpha value is -0.640. The standard InChI is InChI=1S/C13H20ClFN2/c1-3-4-9(2)13(17-16)8-10-5-6-12(15)11(14)7-10/h5-7,9,13,17H,3-4,8,16H2,1-2H3. The molecule has 2 atom stereocenters. The lowest BCUT2D eigenvalue weighted by Gasteiger charge is -2.23. The highest BCUT2D eigenvalue weighted by Crippen LogP contribution is 2.19. The molecule has 17 heavy (non-hydrogen) atoms. The number of hydrogen-bond acceptors (Lipinski definition) is 2. The van der Waals surface area contributed by atoms with E-state index in [0.29, 0.717) is 5.92 Å². The second kappa shape index (κ2) is 6.94. The van der Waals surface area contributed by atoms with Crippen LogP contribution in [0.4, 0.5) is 4.39 Å². The maximum absolute atomic E-state index is 13.0. The van der Waals surface area contributed by atoms with Gasteiger partial charge in [0.05, 0.1) is 5.02 Å². The van der Waals surface area contributed by atoms with E-state index >= 15 is 0 Å². The minimum Gasteiger partial charge on any atom is -0.271 e. The SMILES string of the molecule is CCCC(C)C(Cc1ccc(F)c(Cl)c1)NN. The Morgan fingerprint density at radius 3 is 2.71 bits per heavy atom. The molecule has 1 aromatic carbocycles. The van der Waals surface area contributed by atoms with E-state index in [1.807, 2.05) is 0 Å². The van der Waals surface area contributed by atoms with Crippen LogP contribution < -0.4 is 11.3 Å². The molecule has 3 N–H and O–H groups in total. The molecular formula is C13H20ClFN2. The van der Waals surface area contributed by atoms with Crippen molar-refractivity contribution in [2.45, 2.75) is 39.2 Å². The molecule has 0 saturated carbocycles. The van der Waals surface area contributed by atoms with E-state index in [1.54, 1.807) is 12.1 Å². The third-order valence-corrected chi connectivity index (χ3v) is 3.37. The highest BCUT2D eigenvalue weighted by Gasteiger charge is 2.16. The zero-order valence-corrected chi connectivity index (χ0v) is 11.1. The second-order valence-electron chi connectivity index (χ2n) is 4.49. The molecule has 0 aliphatic carbocycles. The lowest BCUT2D eigenvalue weighted by molar-refractivity contribution is 0.357. The lowest BCUT2D eigenvalue weighted by Crippen LogP contribution is -2.41. The average molecular weight is 259 g/mol. The number of nitrogens with two attached hydrogens (primary N) is 1. The van der Waals surface area contributed by atoms with Crippen molar-refractivity contribution in [1.82, 2.24) is 5.43 Å². The summed E-state index contributed by atoms with van der Waals surface area (Å²) in [5.74, 6) is 5.66. The molecule has 0 heterocycles. The van der Waals surface area contributed by atoms with Crippen molar-refractivity contribution in [2.24, 2.45) is 11.8 Å². The largest absolute Gasteiger partial charge is 0.271 e. The average Bonchev–Trinajstić information content (AvgIpc) is 2.30. The summed E-state index contributed by atoms with van der Waals surface area (Å²) in [6.45, 7) is 4.32. The van der Waals surface area contributed by atoms with E-state index in [1.165, 1.54) is 6.07 Å². The topological polar surface area (TPSA) is 38.0 Å². The third kappa shape index (κ3) is 4.26. The molecule has 0 aliphatic heterocycles. The quantitative estimate of drug-likeness (QED) is 0.607. The lowest BCUT2D eigenvalue weighted by atomic mass is 9.92. The van der Waals surface area contributed by atoms with E-state index in [4.69, 9.17) is 17.4 Å². The minimum atomic E-state index is -0.380. The Morgan fingerprint density at radius 1 is 1.47 bits per heavy atom. The van der Waals surface area contributed by atoms with Crippen LogP contribution in [-0.2, 0) is 6.42 Å². The monoisotopic (exact) mass is 258 g/mol. The van der Waals surface area contributed by atoms with Crippen molar-refractivity contribution in [3.8, 4) is 0 Å². The summed E-state index contributed by atoms with van der Waals surface area (Å²) in [6.07, 6.45) is 3.00. The van der Waals surface area contributed by atoms with Crippen LogP contribution >= 0.6 is 11.6 Å². The molecule has 2 nitrogen and oxygen atoms in total. The van der Waals surface area contributed by atoms with Crippen molar-refractivity contribution >= 4 is 11.6 Å². The van der Waals surface area contributed by atoms with Gasteiger partial charge in [-0.05, 0) is 36.5 Å². The van der Waals surface area contributed by atoms with Gasteiger partial charge in [0.1, 0.15) is 5.82 Å². The normalized spacial score (nSPS) is 14.6. The fourth-order valence-corrected chi connectivity index (χ4v) is 2.20. The predicted molar refractivity (Wildman–Crippen MR) is 70.3 cm³/mol.